The first-order valence-corrected chi connectivity index (χ1v) is 6.37. The third kappa shape index (κ3) is 2.67. The summed E-state index contributed by atoms with van der Waals surface area (Å²) in [7, 11) is 0. The van der Waals surface area contributed by atoms with E-state index in [0.717, 1.165) is 16.7 Å². The number of fused-ring (bicyclic) bond motifs is 1. The maximum atomic E-state index is 9.47. The van der Waals surface area contributed by atoms with Crippen molar-refractivity contribution in [3.05, 3.63) is 30.0 Å². The Bertz CT molecular complexity index is 559. The topological polar surface area (TPSA) is 78.3 Å². The van der Waals surface area contributed by atoms with Crippen LogP contribution in [0.5, 0.6) is 0 Å². The number of aryl methyl sites for hydroxylation is 1. The molecule has 0 saturated heterocycles. The van der Waals surface area contributed by atoms with Crippen LogP contribution in [0.3, 0.4) is 0 Å². The van der Waals surface area contributed by atoms with Crippen LogP contribution in [0.25, 0.3) is 11.0 Å². The largest absolute Gasteiger partial charge is 0.394 e. The molecule has 0 fully saturated rings. The van der Waals surface area contributed by atoms with Crippen LogP contribution < -0.4 is 5.32 Å². The molecule has 0 unspecified atom stereocenters. The number of aromatic nitrogens is 2. The lowest BCUT2D eigenvalue weighted by molar-refractivity contribution is 0.132. The minimum Gasteiger partial charge on any atom is -0.394 e. The van der Waals surface area contributed by atoms with Crippen molar-refractivity contribution in [2.24, 2.45) is 0 Å². The van der Waals surface area contributed by atoms with Crippen LogP contribution in [0.15, 0.2) is 24.3 Å². The van der Waals surface area contributed by atoms with Gasteiger partial charge in [0.1, 0.15) is 5.82 Å². The smallest absolute Gasteiger partial charge is 0.148 e. The van der Waals surface area contributed by atoms with E-state index in [0.29, 0.717) is 12.2 Å². The van der Waals surface area contributed by atoms with Gasteiger partial charge in [-0.15, -0.1) is 0 Å². The first-order valence-electron chi connectivity index (χ1n) is 6.37. The van der Waals surface area contributed by atoms with Gasteiger partial charge in [0.25, 0.3) is 0 Å². The Kier molecular flexibility index (Phi) is 3.97. The van der Waals surface area contributed by atoms with E-state index in [1.165, 1.54) is 0 Å². The van der Waals surface area contributed by atoms with Crippen LogP contribution in [0, 0.1) is 6.92 Å². The van der Waals surface area contributed by atoms with Crippen LogP contribution in [0.2, 0.25) is 0 Å². The molecule has 0 atom stereocenters. The van der Waals surface area contributed by atoms with Crippen LogP contribution in [-0.4, -0.2) is 38.9 Å². The molecule has 1 aromatic heterocycles. The van der Waals surface area contributed by atoms with Crippen LogP contribution >= 0.6 is 0 Å². The van der Waals surface area contributed by atoms with Crippen molar-refractivity contribution >= 4 is 16.9 Å². The zero-order valence-electron chi connectivity index (χ0n) is 11.2. The summed E-state index contributed by atoms with van der Waals surface area (Å²) in [4.78, 5) is 8.98. The first kappa shape index (κ1) is 13.7. The number of nitrogens with zero attached hydrogens (tertiary/aromatic N) is 2. The summed E-state index contributed by atoms with van der Waals surface area (Å²) in [5.74, 6) is 0.601. The maximum Gasteiger partial charge on any atom is 0.148 e. The molecule has 0 saturated carbocycles. The molecule has 102 valence electrons. The number of anilines is 1. The number of hydrogen-bond acceptors (Lipinski definition) is 5. The zero-order chi connectivity index (χ0) is 13.9. The summed E-state index contributed by atoms with van der Waals surface area (Å²) in [6, 6.07) is 7.62. The molecule has 0 bridgehead atoms. The molecule has 1 aromatic carbocycles. The van der Waals surface area contributed by atoms with Crippen LogP contribution in [-0.2, 0) is 0 Å². The minimum atomic E-state index is -0.762. The number of nitrogens with one attached hydrogen (secondary N) is 1. The predicted octanol–water partition coefficient (Wildman–Crippen LogP) is 1.48. The van der Waals surface area contributed by atoms with Crippen molar-refractivity contribution in [3.63, 3.8) is 0 Å². The fraction of sp³-hybridized carbons (Fsp3) is 0.429. The second-order valence-corrected chi connectivity index (χ2v) is 4.72. The van der Waals surface area contributed by atoms with Gasteiger partial charge in [-0.1, -0.05) is 19.1 Å². The lowest BCUT2D eigenvalue weighted by atomic mass is 9.98. The highest BCUT2D eigenvalue weighted by Gasteiger charge is 2.27. The van der Waals surface area contributed by atoms with Crippen molar-refractivity contribution in [2.75, 3.05) is 18.5 Å². The third-order valence-corrected chi connectivity index (χ3v) is 3.41. The van der Waals surface area contributed by atoms with E-state index < -0.39 is 5.54 Å². The van der Waals surface area contributed by atoms with Crippen molar-refractivity contribution in [3.8, 4) is 0 Å². The SMILES string of the molecule is CCC(CO)(CO)Nc1nc2ccccc2nc1C. The highest BCUT2D eigenvalue weighted by atomic mass is 16.3. The van der Waals surface area contributed by atoms with Crippen molar-refractivity contribution in [1.82, 2.24) is 9.97 Å². The summed E-state index contributed by atoms with van der Waals surface area (Å²) in [5.41, 5.74) is 1.61. The number of para-hydroxylation sites is 2. The van der Waals surface area contributed by atoms with Gasteiger partial charge in [0.05, 0.1) is 35.5 Å². The van der Waals surface area contributed by atoms with E-state index in [4.69, 9.17) is 0 Å². The van der Waals surface area contributed by atoms with Crippen LogP contribution in [0.1, 0.15) is 19.0 Å². The van der Waals surface area contributed by atoms with Gasteiger partial charge in [0.15, 0.2) is 0 Å². The summed E-state index contributed by atoms with van der Waals surface area (Å²) in [6.07, 6.45) is 0.591. The zero-order valence-corrected chi connectivity index (χ0v) is 11.2. The molecule has 0 amide bonds. The van der Waals surface area contributed by atoms with Gasteiger partial charge in [-0.3, -0.25) is 0 Å². The molecule has 19 heavy (non-hydrogen) atoms. The normalized spacial score (nSPS) is 11.8. The number of hydrogen-bond donors (Lipinski definition) is 3. The first-order chi connectivity index (χ1) is 9.14. The maximum absolute atomic E-state index is 9.47. The molecule has 0 aliphatic carbocycles. The monoisotopic (exact) mass is 261 g/mol. The number of aliphatic hydroxyl groups excluding tert-OH is 2. The fourth-order valence-corrected chi connectivity index (χ4v) is 1.90. The highest BCUT2D eigenvalue weighted by Crippen LogP contribution is 2.21. The summed E-state index contributed by atoms with van der Waals surface area (Å²) >= 11 is 0. The molecule has 5 heteroatoms. The standard InChI is InChI=1S/C14H19N3O2/c1-3-14(8-18,9-19)17-13-10(2)15-11-6-4-5-7-12(11)16-13/h4-7,18-19H,3,8-9H2,1-2H3,(H,16,17). The lowest BCUT2D eigenvalue weighted by Crippen LogP contribution is -2.45. The number of aliphatic hydroxyl groups is 2. The van der Waals surface area contributed by atoms with Crippen molar-refractivity contribution in [1.29, 1.82) is 0 Å². The molecule has 2 rings (SSSR count). The van der Waals surface area contributed by atoms with Gasteiger partial charge in [-0.05, 0) is 25.5 Å². The van der Waals surface area contributed by atoms with Gasteiger partial charge in [0.2, 0.25) is 0 Å². The second kappa shape index (κ2) is 5.50. The van der Waals surface area contributed by atoms with Crippen molar-refractivity contribution < 1.29 is 10.2 Å². The Labute approximate surface area is 112 Å². The average Bonchev–Trinajstić information content (AvgIpc) is 2.45. The fourth-order valence-electron chi connectivity index (χ4n) is 1.90. The van der Waals surface area contributed by atoms with E-state index in [2.05, 4.69) is 15.3 Å². The summed E-state index contributed by atoms with van der Waals surface area (Å²) in [6.45, 7) is 3.45. The Morgan fingerprint density at radius 2 is 1.68 bits per heavy atom. The van der Waals surface area contributed by atoms with E-state index in [-0.39, 0.29) is 13.2 Å². The van der Waals surface area contributed by atoms with Gasteiger partial charge < -0.3 is 15.5 Å². The van der Waals surface area contributed by atoms with E-state index in [9.17, 15) is 10.2 Å². The molecule has 3 N–H and O–H groups in total. The third-order valence-electron chi connectivity index (χ3n) is 3.41. The Hall–Kier alpha value is -1.72. The van der Waals surface area contributed by atoms with E-state index in [1.54, 1.807) is 0 Å². The summed E-state index contributed by atoms with van der Waals surface area (Å²) in [5, 5.41) is 22.1. The number of benzene rings is 1. The molecule has 5 nitrogen and oxygen atoms in total. The Morgan fingerprint density at radius 3 is 2.21 bits per heavy atom. The molecule has 0 aliphatic heterocycles. The van der Waals surface area contributed by atoms with E-state index in [1.807, 2.05) is 38.1 Å². The van der Waals surface area contributed by atoms with Crippen molar-refractivity contribution in [2.45, 2.75) is 25.8 Å². The van der Waals surface area contributed by atoms with Gasteiger partial charge >= 0.3 is 0 Å². The Balaban J connectivity index is 2.42. The van der Waals surface area contributed by atoms with Gasteiger partial charge in [-0.2, -0.15) is 0 Å². The lowest BCUT2D eigenvalue weighted by Gasteiger charge is -2.30. The van der Waals surface area contributed by atoms with Crippen LogP contribution in [0.4, 0.5) is 5.82 Å². The Morgan fingerprint density at radius 1 is 1.11 bits per heavy atom. The molecule has 2 aromatic rings. The predicted molar refractivity (Wildman–Crippen MR) is 75.1 cm³/mol. The molecule has 0 spiro atoms. The molecular formula is C14H19N3O2. The molecule has 0 radical (unpaired) electrons. The quantitative estimate of drug-likeness (QED) is 0.760. The number of rotatable bonds is 5. The van der Waals surface area contributed by atoms with Gasteiger partial charge in [-0.25, -0.2) is 9.97 Å². The molecule has 0 aliphatic rings. The molecular weight excluding hydrogens is 242 g/mol. The van der Waals surface area contributed by atoms with Gasteiger partial charge in [0, 0.05) is 0 Å². The highest BCUT2D eigenvalue weighted by molar-refractivity contribution is 5.76. The average molecular weight is 261 g/mol. The minimum absolute atomic E-state index is 0.159. The summed E-state index contributed by atoms with van der Waals surface area (Å²) < 4.78 is 0. The molecule has 1 heterocycles. The van der Waals surface area contributed by atoms with E-state index >= 15 is 0 Å². The second-order valence-electron chi connectivity index (χ2n) is 4.72.